The summed E-state index contributed by atoms with van der Waals surface area (Å²) >= 11 is 22.1. The number of phenols is 1. The number of carbonyl (C=O) groups excluding carboxylic acids is 2. The maximum absolute atomic E-state index is 13.2. The fourth-order valence-corrected chi connectivity index (χ4v) is 7.41. The molecule has 23 heteroatoms. The van der Waals surface area contributed by atoms with Gasteiger partial charge in [-0.15, -0.1) is 0 Å². The Morgan fingerprint density at radius 3 is 1.96 bits per heavy atom. The number of anilines is 2. The number of nitrogens with one attached hydrogen (secondary N) is 5. The number of aliphatic imine (C=N–C) groups is 1. The predicted octanol–water partition coefficient (Wildman–Crippen LogP) is 5.92. The minimum Gasteiger partial charge on any atom is -0.506 e. The van der Waals surface area contributed by atoms with Gasteiger partial charge in [0.15, 0.2) is 11.2 Å². The first-order valence-electron chi connectivity index (χ1n) is 14.7. The molecule has 55 heavy (non-hydrogen) atoms. The molecule has 2 amide bonds. The van der Waals surface area contributed by atoms with Gasteiger partial charge in [0.05, 0.1) is 26.0 Å². The number of phenolic OH excluding ortho intramolecular Hbond substituents is 1. The van der Waals surface area contributed by atoms with Gasteiger partial charge in [-0.3, -0.25) is 29.5 Å². The second kappa shape index (κ2) is 18.8. The lowest BCUT2D eigenvalue weighted by Crippen LogP contribution is -2.54. The number of hydrogen-bond donors (Lipinski definition) is 8. The zero-order valence-corrected chi connectivity index (χ0v) is 34.4. The van der Waals surface area contributed by atoms with Gasteiger partial charge in [0.25, 0.3) is 32.1 Å². The molecule has 8 N–H and O–H groups in total. The van der Waals surface area contributed by atoms with Crippen molar-refractivity contribution in [1.82, 2.24) is 16.3 Å². The van der Waals surface area contributed by atoms with Gasteiger partial charge >= 0.3 is 0 Å². The molecular formula is C32H24Br2ClN7O9S4. The third-order valence-electron chi connectivity index (χ3n) is 6.85. The molecule has 16 nitrogen and oxygen atoms in total. The molecule has 0 aliphatic heterocycles. The number of benzene rings is 4. The Bertz CT molecular complexity index is 2480. The molecule has 1 atom stereocenters. The van der Waals surface area contributed by atoms with Crippen LogP contribution in [0, 0.1) is 0 Å². The van der Waals surface area contributed by atoms with Crippen molar-refractivity contribution in [3.05, 3.63) is 103 Å². The Kier molecular flexibility index (Phi) is 14.8. The normalized spacial score (nSPS) is 12.1. The maximum atomic E-state index is 13.2. The van der Waals surface area contributed by atoms with Crippen LogP contribution in [0.3, 0.4) is 0 Å². The van der Waals surface area contributed by atoms with E-state index in [0.717, 1.165) is 12.1 Å². The average Bonchev–Trinajstić information content (AvgIpc) is 3.11. The highest BCUT2D eigenvalue weighted by atomic mass is 79.9. The van der Waals surface area contributed by atoms with Gasteiger partial charge < -0.3 is 15.7 Å². The van der Waals surface area contributed by atoms with E-state index in [1.165, 1.54) is 79.0 Å². The second-order valence-electron chi connectivity index (χ2n) is 10.7. The minimum atomic E-state index is -4.87. The number of halogens is 3. The van der Waals surface area contributed by atoms with E-state index in [2.05, 4.69) is 86.2 Å². The van der Waals surface area contributed by atoms with Gasteiger partial charge in [-0.25, -0.2) is 5.43 Å². The van der Waals surface area contributed by atoms with Crippen LogP contribution >= 0.6 is 67.9 Å². The fourth-order valence-electron chi connectivity index (χ4n) is 4.37. The summed E-state index contributed by atoms with van der Waals surface area (Å²) in [5.74, 6) is -1.87. The second-order valence-corrected chi connectivity index (χ2v) is 16.2. The van der Waals surface area contributed by atoms with Crippen LogP contribution in [0.2, 0.25) is 5.02 Å². The van der Waals surface area contributed by atoms with E-state index < -0.39 is 47.9 Å². The van der Waals surface area contributed by atoms with E-state index >= 15 is 0 Å². The molecule has 4 aromatic rings. The molecule has 1 unspecified atom stereocenters. The number of hydrazine groups is 1. The zero-order valence-electron chi connectivity index (χ0n) is 27.2. The molecule has 0 saturated heterocycles. The first-order chi connectivity index (χ1) is 25.8. The van der Waals surface area contributed by atoms with Crippen molar-refractivity contribution in [2.45, 2.75) is 15.8 Å². The number of carbonyl (C=O) groups is 2. The highest BCUT2D eigenvalue weighted by Crippen LogP contribution is 2.33. The topological polar surface area (TPSA) is 248 Å². The average molecular weight is 974 g/mol. The van der Waals surface area contributed by atoms with Crippen LogP contribution in [0.1, 0.15) is 16.7 Å². The molecule has 0 bridgehead atoms. The zero-order chi connectivity index (χ0) is 40.5. The van der Waals surface area contributed by atoms with Crippen LogP contribution in [0.15, 0.2) is 102 Å². The van der Waals surface area contributed by atoms with E-state index in [9.17, 15) is 40.6 Å². The van der Waals surface area contributed by atoms with Gasteiger partial charge in [-0.1, -0.05) is 35.9 Å². The first kappa shape index (κ1) is 43.1. The summed E-state index contributed by atoms with van der Waals surface area (Å²) in [6, 6.07) is 14.9. The van der Waals surface area contributed by atoms with E-state index in [1.807, 2.05) is 0 Å². The molecule has 4 aromatic carbocycles. The van der Waals surface area contributed by atoms with Crippen molar-refractivity contribution < 1.29 is 40.6 Å². The molecule has 0 fully saturated rings. The molecular weight excluding hydrogens is 950 g/mol. The van der Waals surface area contributed by atoms with Crippen molar-refractivity contribution in [2.24, 2.45) is 10.1 Å². The molecule has 4 rings (SSSR count). The van der Waals surface area contributed by atoms with Crippen molar-refractivity contribution in [1.29, 1.82) is 0 Å². The highest BCUT2D eigenvalue weighted by molar-refractivity contribution is 9.11. The summed E-state index contributed by atoms with van der Waals surface area (Å²) < 4.78 is 69.0. The Hall–Kier alpha value is -4.61. The SMILES string of the molecule is O=C(NN=Cc1cc(Br)c(O)c(Br)c1)C(Nc1ccc(Cl)cc1)C(=O)NNC(=S)Nc1ccc(C=Cc2ccc(N=C=S)cc2S(=O)(=O)O)c(S(=O)(=O)O)c1. The third kappa shape index (κ3) is 12.4. The lowest BCUT2D eigenvalue weighted by atomic mass is 10.1. The first-order valence-corrected chi connectivity index (χ1v) is 20.4. The molecule has 0 spiro atoms. The van der Waals surface area contributed by atoms with Crippen LogP contribution < -0.4 is 26.9 Å². The largest absolute Gasteiger partial charge is 0.506 e. The summed E-state index contributed by atoms with van der Waals surface area (Å²) in [4.78, 5) is 28.9. The smallest absolute Gasteiger partial charge is 0.295 e. The molecule has 0 saturated carbocycles. The number of hydrogen-bond acceptors (Lipinski definition) is 12. The summed E-state index contributed by atoms with van der Waals surface area (Å²) in [7, 11) is -9.62. The minimum absolute atomic E-state index is 0.0213. The number of aromatic hydroxyl groups is 1. The van der Waals surface area contributed by atoms with Crippen LogP contribution in [0.5, 0.6) is 5.75 Å². The molecule has 0 aromatic heterocycles. The van der Waals surface area contributed by atoms with Crippen molar-refractivity contribution in [3.63, 3.8) is 0 Å². The van der Waals surface area contributed by atoms with E-state index in [4.69, 9.17) is 23.8 Å². The predicted molar refractivity (Wildman–Crippen MR) is 222 cm³/mol. The summed E-state index contributed by atoms with van der Waals surface area (Å²) in [5, 5.41) is 21.4. The van der Waals surface area contributed by atoms with Gasteiger partial charge in [-0.2, -0.15) is 26.9 Å². The number of nitrogens with zero attached hydrogens (tertiary/aromatic N) is 2. The number of isothiocyanates is 1. The summed E-state index contributed by atoms with van der Waals surface area (Å²) in [6.45, 7) is 0. The number of hydrazone groups is 1. The van der Waals surface area contributed by atoms with Gasteiger partial charge in [0.2, 0.25) is 0 Å². The Labute approximate surface area is 345 Å². The maximum Gasteiger partial charge on any atom is 0.295 e. The molecule has 0 heterocycles. The van der Waals surface area contributed by atoms with E-state index in [1.54, 1.807) is 0 Å². The summed E-state index contributed by atoms with van der Waals surface area (Å²) in [5.41, 5.74) is 7.73. The molecule has 0 aliphatic carbocycles. The molecule has 286 valence electrons. The van der Waals surface area contributed by atoms with Gasteiger partial charge in [0, 0.05) is 16.4 Å². The van der Waals surface area contributed by atoms with Crippen LogP contribution in [-0.4, -0.2) is 65.4 Å². The fraction of sp³-hybridized carbons (Fsp3) is 0.0312. The Morgan fingerprint density at radius 2 is 1.38 bits per heavy atom. The molecule has 0 aliphatic rings. The Balaban J connectivity index is 1.49. The third-order valence-corrected chi connectivity index (χ3v) is 10.4. The number of thiocarbonyl (C=S) groups is 2. The molecule has 0 radical (unpaired) electrons. The van der Waals surface area contributed by atoms with Crippen LogP contribution in [-0.2, 0) is 29.8 Å². The van der Waals surface area contributed by atoms with E-state index in [0.29, 0.717) is 25.2 Å². The Morgan fingerprint density at radius 1 is 0.818 bits per heavy atom. The van der Waals surface area contributed by atoms with Crippen molar-refractivity contribution >= 4 is 146 Å². The van der Waals surface area contributed by atoms with Crippen LogP contribution in [0.25, 0.3) is 12.2 Å². The number of rotatable bonds is 12. The van der Waals surface area contributed by atoms with E-state index in [-0.39, 0.29) is 33.4 Å². The highest BCUT2D eigenvalue weighted by Gasteiger charge is 2.27. The number of amides is 2. The quantitative estimate of drug-likeness (QED) is 0.0205. The standard InChI is InChI=1S/C32H24Br2ClN7O9S4/c33-24-11-17(12-25(34)29(24)43)15-37-40-30(44)28(38-21-9-5-20(35)6-10-21)31(45)41-42-32(53)39-23-8-4-19(27(14-23)55(49,50)51)2-1-18-3-7-22(36-16-52)13-26(18)54(46,47)48/h1-15,28,38,43H,(H,40,44)(H,41,45)(H2,39,42,53)(H,46,47,48)(H,49,50,51). The van der Waals surface area contributed by atoms with Gasteiger partial charge in [0.1, 0.15) is 15.5 Å². The van der Waals surface area contributed by atoms with Crippen molar-refractivity contribution in [3.8, 4) is 5.75 Å². The summed E-state index contributed by atoms with van der Waals surface area (Å²) in [6.07, 6.45) is 3.64. The van der Waals surface area contributed by atoms with Gasteiger partial charge in [-0.05, 0) is 134 Å². The monoisotopic (exact) mass is 971 g/mol. The van der Waals surface area contributed by atoms with Crippen molar-refractivity contribution in [2.75, 3.05) is 10.6 Å². The lowest BCUT2D eigenvalue weighted by molar-refractivity contribution is -0.130. The lowest BCUT2D eigenvalue weighted by Gasteiger charge is -2.19. The van der Waals surface area contributed by atoms with Crippen LogP contribution in [0.4, 0.5) is 17.1 Å².